The van der Waals surface area contributed by atoms with Gasteiger partial charge < -0.3 is 15.5 Å². The molecule has 5 rings (SSSR count). The molecule has 27 heavy (non-hydrogen) atoms. The summed E-state index contributed by atoms with van der Waals surface area (Å²) < 4.78 is 5.99. The van der Waals surface area contributed by atoms with E-state index in [-0.39, 0.29) is 6.04 Å². The van der Waals surface area contributed by atoms with Gasteiger partial charge in [-0.15, -0.1) is 0 Å². The number of benzene rings is 3. The van der Waals surface area contributed by atoms with E-state index in [2.05, 4.69) is 46.4 Å². The van der Waals surface area contributed by atoms with Crippen LogP contribution in [0.5, 0.6) is 11.5 Å². The highest BCUT2D eigenvalue weighted by atomic mass is 16.5. The van der Waals surface area contributed by atoms with Gasteiger partial charge >= 0.3 is 0 Å². The van der Waals surface area contributed by atoms with E-state index in [1.54, 1.807) is 6.33 Å². The van der Waals surface area contributed by atoms with Gasteiger partial charge in [-0.3, -0.25) is 0 Å². The molecular weight excluding hydrogens is 334 g/mol. The van der Waals surface area contributed by atoms with Crippen LogP contribution >= 0.6 is 0 Å². The van der Waals surface area contributed by atoms with Gasteiger partial charge in [-0.1, -0.05) is 36.4 Å². The molecule has 0 saturated carbocycles. The fraction of sp³-hybridized carbons (Fsp3) is 0.174. The molecule has 2 unspecified atom stereocenters. The number of hydrogen-bond donors (Lipinski definition) is 2. The third-order valence-corrected chi connectivity index (χ3v) is 5.43. The van der Waals surface area contributed by atoms with E-state index in [0.29, 0.717) is 5.92 Å². The van der Waals surface area contributed by atoms with Crippen LogP contribution in [0.2, 0.25) is 0 Å². The number of H-pyrrole nitrogens is 1. The summed E-state index contributed by atoms with van der Waals surface area (Å²) in [7, 11) is 0. The van der Waals surface area contributed by atoms with Crippen molar-refractivity contribution in [2.75, 3.05) is 0 Å². The average Bonchev–Trinajstić information content (AvgIpc) is 3.27. The minimum Gasteiger partial charge on any atom is -0.457 e. The Kier molecular flexibility index (Phi) is 3.91. The zero-order chi connectivity index (χ0) is 18.2. The number of aromatic nitrogens is 2. The molecule has 4 nitrogen and oxygen atoms in total. The molecule has 3 N–H and O–H groups in total. The van der Waals surface area contributed by atoms with Crippen LogP contribution in [0.4, 0.5) is 0 Å². The largest absolute Gasteiger partial charge is 0.457 e. The fourth-order valence-corrected chi connectivity index (χ4v) is 4.03. The van der Waals surface area contributed by atoms with E-state index < -0.39 is 0 Å². The number of hydrogen-bond acceptors (Lipinski definition) is 3. The van der Waals surface area contributed by atoms with Crippen LogP contribution in [-0.2, 0) is 12.8 Å². The van der Waals surface area contributed by atoms with Crippen molar-refractivity contribution in [3.05, 3.63) is 89.7 Å². The molecule has 2 atom stereocenters. The van der Waals surface area contributed by atoms with Gasteiger partial charge in [-0.25, -0.2) is 4.98 Å². The SMILES string of the molecule is NC1Cc2ccccc2C1Cc1ccc(Oc2ccc3nc[nH]c3c2)cc1. The number of nitrogens with zero attached hydrogens (tertiary/aromatic N) is 1. The van der Waals surface area contributed by atoms with Gasteiger partial charge in [0.1, 0.15) is 11.5 Å². The number of ether oxygens (including phenoxy) is 1. The molecule has 0 saturated heterocycles. The highest BCUT2D eigenvalue weighted by molar-refractivity contribution is 5.76. The number of aromatic amines is 1. The number of nitrogens with one attached hydrogen (secondary N) is 1. The maximum atomic E-state index is 6.41. The highest BCUT2D eigenvalue weighted by Crippen LogP contribution is 2.35. The van der Waals surface area contributed by atoms with Crippen LogP contribution in [0.1, 0.15) is 22.6 Å². The summed E-state index contributed by atoms with van der Waals surface area (Å²) in [6, 6.07) is 23.0. The van der Waals surface area contributed by atoms with Crippen molar-refractivity contribution in [3.63, 3.8) is 0 Å². The molecule has 1 aromatic heterocycles. The summed E-state index contributed by atoms with van der Waals surface area (Å²) in [5, 5.41) is 0. The molecule has 1 heterocycles. The zero-order valence-corrected chi connectivity index (χ0v) is 14.9. The summed E-state index contributed by atoms with van der Waals surface area (Å²) in [6.45, 7) is 0. The lowest BCUT2D eigenvalue weighted by molar-refractivity contribution is 0.483. The van der Waals surface area contributed by atoms with Crippen LogP contribution in [0.25, 0.3) is 11.0 Å². The normalized spacial score (nSPS) is 18.6. The standard InChI is InChI=1S/C23H21N3O/c24-21-12-16-3-1-2-4-19(16)20(21)11-15-5-7-17(8-6-15)27-18-9-10-22-23(13-18)26-14-25-22/h1-10,13-14,20-21H,11-12,24H2,(H,25,26). The number of rotatable bonds is 4. The van der Waals surface area contributed by atoms with Gasteiger partial charge in [0.05, 0.1) is 17.4 Å². The average molecular weight is 355 g/mol. The lowest BCUT2D eigenvalue weighted by Gasteiger charge is -2.17. The molecule has 3 aromatic carbocycles. The highest BCUT2D eigenvalue weighted by Gasteiger charge is 2.29. The van der Waals surface area contributed by atoms with E-state index in [4.69, 9.17) is 10.5 Å². The lowest BCUT2D eigenvalue weighted by Crippen LogP contribution is -2.26. The molecule has 0 bridgehead atoms. The summed E-state index contributed by atoms with van der Waals surface area (Å²) >= 11 is 0. The third-order valence-electron chi connectivity index (χ3n) is 5.43. The Morgan fingerprint density at radius 3 is 2.70 bits per heavy atom. The molecule has 0 amide bonds. The number of fused-ring (bicyclic) bond motifs is 2. The minimum absolute atomic E-state index is 0.194. The number of imidazole rings is 1. The molecule has 0 fully saturated rings. The van der Waals surface area contributed by atoms with Crippen molar-refractivity contribution < 1.29 is 4.74 Å². The van der Waals surface area contributed by atoms with Crippen molar-refractivity contribution in [2.24, 2.45) is 5.73 Å². The maximum absolute atomic E-state index is 6.41. The monoisotopic (exact) mass is 355 g/mol. The van der Waals surface area contributed by atoms with Gasteiger partial charge in [-0.05, 0) is 53.8 Å². The lowest BCUT2D eigenvalue weighted by atomic mass is 9.91. The second kappa shape index (κ2) is 6.56. The topological polar surface area (TPSA) is 63.9 Å². The Morgan fingerprint density at radius 2 is 1.81 bits per heavy atom. The van der Waals surface area contributed by atoms with E-state index >= 15 is 0 Å². The van der Waals surface area contributed by atoms with Crippen molar-refractivity contribution in [3.8, 4) is 11.5 Å². The summed E-state index contributed by atoms with van der Waals surface area (Å²) in [6.07, 6.45) is 3.62. The molecule has 134 valence electrons. The summed E-state index contributed by atoms with van der Waals surface area (Å²) in [5.74, 6) is 2.01. The van der Waals surface area contributed by atoms with Crippen LogP contribution in [-0.4, -0.2) is 16.0 Å². The van der Waals surface area contributed by atoms with Gasteiger partial charge in [0.25, 0.3) is 0 Å². The first-order valence-electron chi connectivity index (χ1n) is 9.29. The quantitative estimate of drug-likeness (QED) is 0.564. The predicted molar refractivity (Wildman–Crippen MR) is 107 cm³/mol. The van der Waals surface area contributed by atoms with E-state index in [9.17, 15) is 0 Å². The Labute approximate surface area is 158 Å². The summed E-state index contributed by atoms with van der Waals surface area (Å²) in [5.41, 5.74) is 12.4. The molecule has 0 aliphatic heterocycles. The Balaban J connectivity index is 1.31. The Bertz CT molecular complexity index is 1080. The van der Waals surface area contributed by atoms with Crippen LogP contribution in [0, 0.1) is 0 Å². The van der Waals surface area contributed by atoms with Gasteiger partial charge in [0, 0.05) is 18.0 Å². The molecule has 4 aromatic rings. The molecule has 1 aliphatic rings. The first-order valence-corrected chi connectivity index (χ1v) is 9.29. The van der Waals surface area contributed by atoms with Crippen molar-refractivity contribution in [2.45, 2.75) is 24.8 Å². The van der Waals surface area contributed by atoms with E-state index in [0.717, 1.165) is 35.4 Å². The van der Waals surface area contributed by atoms with Crippen LogP contribution < -0.4 is 10.5 Å². The molecule has 0 radical (unpaired) electrons. The van der Waals surface area contributed by atoms with Gasteiger partial charge in [-0.2, -0.15) is 0 Å². The summed E-state index contributed by atoms with van der Waals surface area (Å²) in [4.78, 5) is 7.33. The second-order valence-electron chi connectivity index (χ2n) is 7.20. The van der Waals surface area contributed by atoms with Crippen molar-refractivity contribution in [1.29, 1.82) is 0 Å². The Hall–Kier alpha value is -3.11. The van der Waals surface area contributed by atoms with E-state index in [1.807, 2.05) is 30.3 Å². The fourth-order valence-electron chi connectivity index (χ4n) is 4.03. The molecule has 0 spiro atoms. The minimum atomic E-state index is 0.194. The van der Waals surface area contributed by atoms with Gasteiger partial charge in [0.2, 0.25) is 0 Å². The maximum Gasteiger partial charge on any atom is 0.129 e. The smallest absolute Gasteiger partial charge is 0.129 e. The third kappa shape index (κ3) is 3.09. The Morgan fingerprint density at radius 1 is 1.00 bits per heavy atom. The van der Waals surface area contributed by atoms with Crippen molar-refractivity contribution in [1.82, 2.24) is 9.97 Å². The van der Waals surface area contributed by atoms with Crippen LogP contribution in [0.3, 0.4) is 0 Å². The first-order chi connectivity index (χ1) is 13.3. The number of nitrogens with two attached hydrogens (primary N) is 1. The zero-order valence-electron chi connectivity index (χ0n) is 14.9. The molecule has 1 aliphatic carbocycles. The van der Waals surface area contributed by atoms with Gasteiger partial charge in [0.15, 0.2) is 0 Å². The molecule has 4 heteroatoms. The molecular formula is C23H21N3O. The van der Waals surface area contributed by atoms with Crippen LogP contribution in [0.15, 0.2) is 73.1 Å². The second-order valence-corrected chi connectivity index (χ2v) is 7.20. The predicted octanol–water partition coefficient (Wildman–Crippen LogP) is 4.56. The van der Waals surface area contributed by atoms with Crippen molar-refractivity contribution >= 4 is 11.0 Å². The van der Waals surface area contributed by atoms with E-state index in [1.165, 1.54) is 16.7 Å². The first kappa shape index (κ1) is 16.1.